The second-order valence-electron chi connectivity index (χ2n) is 6.27. The number of ketones is 1. The lowest BCUT2D eigenvalue weighted by atomic mass is 10.1. The highest BCUT2D eigenvalue weighted by molar-refractivity contribution is 6.10. The van der Waals surface area contributed by atoms with Gasteiger partial charge in [0.15, 0.2) is 5.76 Å². The average molecular weight is 420 g/mol. The second-order valence-corrected chi connectivity index (χ2v) is 6.27. The van der Waals surface area contributed by atoms with Crippen LogP contribution in [0.3, 0.4) is 0 Å². The highest BCUT2D eigenvalue weighted by atomic mass is 16.6. The summed E-state index contributed by atoms with van der Waals surface area (Å²) < 4.78 is 10.8. The minimum atomic E-state index is -0.542. The molecule has 3 aromatic rings. The molecule has 0 saturated carbocycles. The van der Waals surface area contributed by atoms with Gasteiger partial charge in [-0.05, 0) is 60.2 Å². The van der Waals surface area contributed by atoms with Crippen LogP contribution in [0.25, 0.3) is 6.08 Å². The number of nitrogens with zero attached hydrogens (tertiary/aromatic N) is 2. The predicted octanol–water partition coefficient (Wildman–Crippen LogP) is 4.81. The number of Topliss-reactive ketones (excluding diaryl/α,β-unsaturated/α-hetero) is 1. The number of rotatable bonds is 8. The molecule has 3 rings (SSSR count). The molecule has 0 aliphatic rings. The molecule has 0 bridgehead atoms. The summed E-state index contributed by atoms with van der Waals surface area (Å²) in [6.07, 6.45) is 1.44. The van der Waals surface area contributed by atoms with E-state index in [-0.39, 0.29) is 22.9 Å². The van der Waals surface area contributed by atoms with Gasteiger partial charge in [-0.1, -0.05) is 0 Å². The van der Waals surface area contributed by atoms with Gasteiger partial charge in [-0.2, -0.15) is 0 Å². The third-order valence-corrected chi connectivity index (χ3v) is 4.25. The fourth-order valence-electron chi connectivity index (χ4n) is 2.63. The van der Waals surface area contributed by atoms with Crippen LogP contribution >= 0.6 is 0 Å². The van der Waals surface area contributed by atoms with Crippen LogP contribution in [0.2, 0.25) is 0 Å². The van der Waals surface area contributed by atoms with Crippen LogP contribution in [0.5, 0.6) is 11.5 Å². The Hall–Kier alpha value is -4.53. The molecule has 0 aromatic heterocycles. The molecular weight excluding hydrogens is 404 g/mol. The SMILES string of the molecule is COc1ccc(C(=O)/C(=C\c2ccc([N+](=O)[O-])cc2)Oc2ccc([N+](=O)[O-])cc2)cc1. The summed E-state index contributed by atoms with van der Waals surface area (Å²) in [6.45, 7) is 0. The van der Waals surface area contributed by atoms with Crippen LogP contribution in [-0.2, 0) is 0 Å². The summed E-state index contributed by atoms with van der Waals surface area (Å²) in [5.41, 5.74) is 0.631. The smallest absolute Gasteiger partial charge is 0.269 e. The van der Waals surface area contributed by atoms with E-state index in [1.54, 1.807) is 24.3 Å². The third kappa shape index (κ3) is 5.30. The van der Waals surface area contributed by atoms with Gasteiger partial charge in [0.2, 0.25) is 5.78 Å². The van der Waals surface area contributed by atoms with E-state index in [0.29, 0.717) is 16.9 Å². The Kier molecular flexibility index (Phi) is 6.36. The first-order chi connectivity index (χ1) is 14.9. The van der Waals surface area contributed by atoms with Crippen LogP contribution in [0.15, 0.2) is 78.6 Å². The number of benzene rings is 3. The van der Waals surface area contributed by atoms with Gasteiger partial charge in [-0.25, -0.2) is 0 Å². The highest BCUT2D eigenvalue weighted by Gasteiger charge is 2.17. The predicted molar refractivity (Wildman–Crippen MR) is 112 cm³/mol. The van der Waals surface area contributed by atoms with E-state index in [2.05, 4.69) is 0 Å². The first kappa shape index (κ1) is 21.2. The average Bonchev–Trinajstić information content (AvgIpc) is 2.79. The van der Waals surface area contributed by atoms with E-state index in [1.165, 1.54) is 61.7 Å². The summed E-state index contributed by atoms with van der Waals surface area (Å²) >= 11 is 0. The molecule has 0 amide bonds. The molecule has 0 saturated heterocycles. The Balaban J connectivity index is 1.96. The lowest BCUT2D eigenvalue weighted by molar-refractivity contribution is -0.385. The van der Waals surface area contributed by atoms with E-state index < -0.39 is 15.6 Å². The summed E-state index contributed by atoms with van der Waals surface area (Å²) in [7, 11) is 1.51. The van der Waals surface area contributed by atoms with E-state index in [1.807, 2.05) is 0 Å². The van der Waals surface area contributed by atoms with Gasteiger partial charge >= 0.3 is 0 Å². The molecule has 0 aliphatic carbocycles. The summed E-state index contributed by atoms with van der Waals surface area (Å²) in [5.74, 6) is 0.293. The number of ether oxygens (including phenoxy) is 2. The van der Waals surface area contributed by atoms with Crippen molar-refractivity contribution in [2.75, 3.05) is 7.11 Å². The highest BCUT2D eigenvalue weighted by Crippen LogP contribution is 2.24. The molecule has 0 spiro atoms. The van der Waals surface area contributed by atoms with Crippen molar-refractivity contribution in [3.8, 4) is 11.5 Å². The maximum atomic E-state index is 13.1. The first-order valence-electron chi connectivity index (χ1n) is 8.94. The quantitative estimate of drug-likeness (QED) is 0.168. The number of carbonyl (C=O) groups excluding carboxylic acids is 1. The van der Waals surface area contributed by atoms with Crippen LogP contribution < -0.4 is 9.47 Å². The number of methoxy groups -OCH3 is 1. The summed E-state index contributed by atoms with van der Waals surface area (Å²) in [6, 6.07) is 17.3. The van der Waals surface area contributed by atoms with Crippen molar-refractivity contribution >= 4 is 23.2 Å². The maximum absolute atomic E-state index is 13.1. The standard InChI is InChI=1S/C22H16N2O7/c1-30-19-10-4-16(5-11-19)22(25)21(14-15-2-6-17(7-3-15)23(26)27)31-20-12-8-18(9-13-20)24(28)29/h2-14H,1H3/b21-14+. The molecule has 0 fully saturated rings. The topological polar surface area (TPSA) is 122 Å². The Labute approximate surface area is 176 Å². The molecule has 31 heavy (non-hydrogen) atoms. The van der Waals surface area contributed by atoms with Crippen molar-refractivity contribution in [3.05, 3.63) is 110 Å². The van der Waals surface area contributed by atoms with Crippen LogP contribution in [-0.4, -0.2) is 22.7 Å². The van der Waals surface area contributed by atoms with Gasteiger partial charge in [0.05, 0.1) is 17.0 Å². The van der Waals surface area contributed by atoms with Crippen molar-refractivity contribution in [1.82, 2.24) is 0 Å². The largest absolute Gasteiger partial charge is 0.497 e. The number of hydrogen-bond donors (Lipinski definition) is 0. The van der Waals surface area contributed by atoms with Gasteiger partial charge in [-0.3, -0.25) is 25.0 Å². The Bertz CT molecular complexity index is 1140. The van der Waals surface area contributed by atoms with Gasteiger partial charge in [-0.15, -0.1) is 0 Å². The first-order valence-corrected chi connectivity index (χ1v) is 8.94. The summed E-state index contributed by atoms with van der Waals surface area (Å²) in [4.78, 5) is 33.7. The van der Waals surface area contributed by atoms with Gasteiger partial charge in [0, 0.05) is 29.8 Å². The number of non-ortho nitro benzene ring substituents is 2. The molecule has 9 nitrogen and oxygen atoms in total. The van der Waals surface area contributed by atoms with Crippen LogP contribution in [0.1, 0.15) is 15.9 Å². The Morgan fingerprint density at radius 2 is 1.26 bits per heavy atom. The van der Waals surface area contributed by atoms with Crippen molar-refractivity contribution in [1.29, 1.82) is 0 Å². The van der Waals surface area contributed by atoms with Gasteiger partial charge in [0.1, 0.15) is 11.5 Å². The van der Waals surface area contributed by atoms with E-state index in [9.17, 15) is 25.0 Å². The zero-order valence-electron chi connectivity index (χ0n) is 16.3. The molecule has 0 radical (unpaired) electrons. The Morgan fingerprint density at radius 3 is 1.74 bits per heavy atom. The molecule has 0 unspecified atom stereocenters. The maximum Gasteiger partial charge on any atom is 0.269 e. The third-order valence-electron chi connectivity index (χ3n) is 4.25. The molecule has 9 heteroatoms. The van der Waals surface area contributed by atoms with Crippen LogP contribution in [0.4, 0.5) is 11.4 Å². The van der Waals surface area contributed by atoms with E-state index >= 15 is 0 Å². The Morgan fingerprint density at radius 1 is 0.774 bits per heavy atom. The molecule has 3 aromatic carbocycles. The monoisotopic (exact) mass is 420 g/mol. The van der Waals surface area contributed by atoms with Crippen molar-refractivity contribution in [2.24, 2.45) is 0 Å². The molecule has 0 aliphatic heterocycles. The molecule has 0 atom stereocenters. The van der Waals surface area contributed by atoms with Crippen LogP contribution in [0, 0.1) is 20.2 Å². The second kappa shape index (κ2) is 9.31. The molecule has 0 heterocycles. The van der Waals surface area contributed by atoms with Crippen molar-refractivity contribution in [2.45, 2.75) is 0 Å². The molecular formula is C22H16N2O7. The lowest BCUT2D eigenvalue weighted by Crippen LogP contribution is -2.09. The van der Waals surface area contributed by atoms with Crippen molar-refractivity contribution in [3.63, 3.8) is 0 Å². The number of nitro groups is 2. The van der Waals surface area contributed by atoms with Crippen molar-refractivity contribution < 1.29 is 24.1 Å². The number of hydrogen-bond acceptors (Lipinski definition) is 7. The zero-order chi connectivity index (χ0) is 22.4. The minimum absolute atomic E-state index is 0.0622. The van der Waals surface area contributed by atoms with E-state index in [0.717, 1.165) is 0 Å². The number of allylic oxidation sites excluding steroid dienone is 1. The molecule has 0 N–H and O–H groups in total. The number of nitro benzene ring substituents is 2. The normalized spacial score (nSPS) is 10.9. The lowest BCUT2D eigenvalue weighted by Gasteiger charge is -2.10. The number of carbonyl (C=O) groups is 1. The minimum Gasteiger partial charge on any atom is -0.497 e. The van der Waals surface area contributed by atoms with E-state index in [4.69, 9.17) is 9.47 Å². The summed E-state index contributed by atoms with van der Waals surface area (Å²) in [5, 5.41) is 21.7. The van der Waals surface area contributed by atoms with Gasteiger partial charge in [0.25, 0.3) is 11.4 Å². The fraction of sp³-hybridized carbons (Fsp3) is 0.0455. The fourth-order valence-corrected chi connectivity index (χ4v) is 2.63. The van der Waals surface area contributed by atoms with Gasteiger partial charge < -0.3 is 9.47 Å². The molecule has 156 valence electrons. The zero-order valence-corrected chi connectivity index (χ0v) is 16.3.